The molecule has 0 radical (unpaired) electrons. The molecule has 3 nitrogen and oxygen atoms in total. The van der Waals surface area contributed by atoms with Gasteiger partial charge in [0.05, 0.1) is 6.04 Å². The predicted molar refractivity (Wildman–Crippen MR) is 74.4 cm³/mol. The van der Waals surface area contributed by atoms with Crippen molar-refractivity contribution in [3.63, 3.8) is 0 Å². The number of alkyl halides is 1. The summed E-state index contributed by atoms with van der Waals surface area (Å²) in [6.07, 6.45) is 0. The molecule has 18 heavy (non-hydrogen) atoms. The second kappa shape index (κ2) is 5.67. The lowest BCUT2D eigenvalue weighted by molar-refractivity contribution is 0.304. The molecule has 6 heteroatoms. The maximum atomic E-state index is 12.9. The van der Waals surface area contributed by atoms with Gasteiger partial charge >= 0.3 is 0 Å². The van der Waals surface area contributed by atoms with E-state index in [9.17, 15) is 12.8 Å². The average Bonchev–Trinajstić information content (AvgIpc) is 2.26. The Kier molecular flexibility index (Phi) is 4.91. The van der Waals surface area contributed by atoms with Gasteiger partial charge in [0.15, 0.2) is 0 Å². The monoisotopic (exact) mass is 337 g/mol. The van der Waals surface area contributed by atoms with E-state index in [4.69, 9.17) is 0 Å². The largest absolute Gasteiger partial charge is 0.222 e. The molecule has 0 bridgehead atoms. The van der Waals surface area contributed by atoms with Gasteiger partial charge in [-0.15, -0.1) is 0 Å². The van der Waals surface area contributed by atoms with Crippen molar-refractivity contribution in [1.29, 1.82) is 0 Å². The molecular weight excluding hydrogens is 321 g/mol. The Balaban J connectivity index is 3.11. The molecule has 0 aliphatic rings. The Morgan fingerprint density at radius 1 is 1.28 bits per heavy atom. The van der Waals surface area contributed by atoms with Crippen molar-refractivity contribution >= 4 is 26.0 Å². The van der Waals surface area contributed by atoms with Gasteiger partial charge < -0.3 is 0 Å². The van der Waals surface area contributed by atoms with E-state index < -0.39 is 16.1 Å². The lowest BCUT2D eigenvalue weighted by Crippen LogP contribution is -2.37. The first-order chi connectivity index (χ1) is 8.15. The molecule has 1 atom stereocenters. The van der Waals surface area contributed by atoms with Crippen molar-refractivity contribution in [1.82, 2.24) is 4.72 Å². The van der Waals surface area contributed by atoms with E-state index in [1.165, 1.54) is 12.1 Å². The minimum atomic E-state index is -3.39. The number of hydrogen-bond donors (Lipinski definition) is 1. The lowest BCUT2D eigenvalue weighted by atomic mass is 9.83. The molecule has 0 fully saturated rings. The molecule has 0 aliphatic carbocycles. The predicted octanol–water partition coefficient (Wildman–Crippen LogP) is 3.18. The van der Waals surface area contributed by atoms with Crippen molar-refractivity contribution in [2.45, 2.75) is 26.8 Å². The van der Waals surface area contributed by atoms with Gasteiger partial charge in [0.2, 0.25) is 10.0 Å². The summed E-state index contributed by atoms with van der Waals surface area (Å²) in [5.41, 5.74) is 0.431. The van der Waals surface area contributed by atoms with E-state index >= 15 is 0 Å². The Hall–Kier alpha value is -0.460. The number of halogens is 2. The zero-order chi connectivity index (χ0) is 14.0. The zero-order valence-electron chi connectivity index (χ0n) is 10.6. The SMILES string of the molecule is CC(C)(C)C(NS(=O)(=O)CBr)c1ccc(F)cc1. The molecule has 0 amide bonds. The van der Waals surface area contributed by atoms with Crippen LogP contribution in [0.1, 0.15) is 32.4 Å². The van der Waals surface area contributed by atoms with E-state index in [1.54, 1.807) is 12.1 Å². The molecule has 1 aromatic rings. The third-order valence-corrected chi connectivity index (χ3v) is 5.20. The summed E-state index contributed by atoms with van der Waals surface area (Å²) in [4.78, 5) is 0. The van der Waals surface area contributed by atoms with Crippen molar-refractivity contribution in [2.24, 2.45) is 5.41 Å². The number of rotatable bonds is 4. The molecule has 0 aliphatic heterocycles. The third kappa shape index (κ3) is 4.33. The molecule has 1 aromatic carbocycles. The first-order valence-corrected chi connectivity index (χ1v) is 8.24. The summed E-state index contributed by atoms with van der Waals surface area (Å²) in [6, 6.07) is 5.46. The molecule has 0 spiro atoms. The Labute approximate surface area is 116 Å². The molecule has 0 aromatic heterocycles. The fourth-order valence-corrected chi connectivity index (χ4v) is 2.92. The van der Waals surface area contributed by atoms with Crippen LogP contribution in [0.15, 0.2) is 24.3 Å². The molecule has 0 heterocycles. The number of nitrogens with one attached hydrogen (secondary N) is 1. The standard InChI is InChI=1S/C12H17BrFNO2S/c1-12(2,3)11(15-18(16,17)8-13)9-4-6-10(14)7-5-9/h4-7,11,15H,8H2,1-3H3. The quantitative estimate of drug-likeness (QED) is 0.857. The molecular formula is C12H17BrFNO2S. The zero-order valence-corrected chi connectivity index (χ0v) is 13.0. The minimum absolute atomic E-state index is 0.159. The summed E-state index contributed by atoms with van der Waals surface area (Å²) < 4.78 is 38.7. The first kappa shape index (κ1) is 15.6. The van der Waals surface area contributed by atoms with Crippen LogP contribution >= 0.6 is 15.9 Å². The number of sulfonamides is 1. The van der Waals surface area contributed by atoms with Gasteiger partial charge in [-0.1, -0.05) is 48.8 Å². The van der Waals surface area contributed by atoms with E-state index in [2.05, 4.69) is 20.7 Å². The molecule has 0 saturated heterocycles. The van der Waals surface area contributed by atoms with E-state index in [1.807, 2.05) is 20.8 Å². The van der Waals surface area contributed by atoms with Crippen LogP contribution in [0.5, 0.6) is 0 Å². The van der Waals surface area contributed by atoms with Crippen molar-refractivity contribution in [3.8, 4) is 0 Å². The minimum Gasteiger partial charge on any atom is -0.212 e. The van der Waals surface area contributed by atoms with Crippen LogP contribution in [0.2, 0.25) is 0 Å². The highest BCUT2D eigenvalue weighted by Crippen LogP contribution is 2.33. The summed E-state index contributed by atoms with van der Waals surface area (Å²) in [5, 5.41) is 0. The van der Waals surface area contributed by atoms with Gasteiger partial charge in [-0.25, -0.2) is 17.5 Å². The van der Waals surface area contributed by atoms with Gasteiger partial charge in [-0.05, 0) is 23.1 Å². The Bertz CT molecular complexity index is 494. The fraction of sp³-hybridized carbons (Fsp3) is 0.500. The summed E-state index contributed by atoms with van der Waals surface area (Å²) in [7, 11) is -3.39. The van der Waals surface area contributed by atoms with Crippen molar-refractivity contribution < 1.29 is 12.8 Å². The van der Waals surface area contributed by atoms with E-state index in [0.717, 1.165) is 5.56 Å². The van der Waals surface area contributed by atoms with Gasteiger partial charge in [-0.3, -0.25) is 0 Å². The highest BCUT2D eigenvalue weighted by atomic mass is 79.9. The average molecular weight is 338 g/mol. The topological polar surface area (TPSA) is 46.2 Å². The highest BCUT2D eigenvalue weighted by molar-refractivity contribution is 9.10. The second-order valence-electron chi connectivity index (χ2n) is 5.19. The maximum Gasteiger partial charge on any atom is 0.222 e. The Morgan fingerprint density at radius 2 is 1.78 bits per heavy atom. The van der Waals surface area contributed by atoms with E-state index in [0.29, 0.717) is 0 Å². The fourth-order valence-electron chi connectivity index (χ4n) is 1.61. The molecule has 0 saturated carbocycles. The van der Waals surface area contributed by atoms with Crippen LogP contribution in [0.4, 0.5) is 4.39 Å². The molecule has 1 unspecified atom stereocenters. The number of benzene rings is 1. The van der Waals surface area contributed by atoms with Crippen LogP contribution in [-0.4, -0.2) is 13.1 Å². The maximum absolute atomic E-state index is 12.9. The normalized spacial score (nSPS) is 14.5. The van der Waals surface area contributed by atoms with E-state index in [-0.39, 0.29) is 15.9 Å². The van der Waals surface area contributed by atoms with Crippen LogP contribution in [-0.2, 0) is 10.0 Å². The van der Waals surface area contributed by atoms with Gasteiger partial charge in [-0.2, -0.15) is 0 Å². The van der Waals surface area contributed by atoms with Crippen LogP contribution in [0.3, 0.4) is 0 Å². The smallest absolute Gasteiger partial charge is 0.212 e. The molecule has 1 rings (SSSR count). The number of hydrogen-bond acceptors (Lipinski definition) is 2. The van der Waals surface area contributed by atoms with Crippen molar-refractivity contribution in [3.05, 3.63) is 35.6 Å². The van der Waals surface area contributed by atoms with Crippen molar-refractivity contribution in [2.75, 3.05) is 4.66 Å². The summed E-state index contributed by atoms with van der Waals surface area (Å²) >= 11 is 2.94. The third-order valence-electron chi connectivity index (χ3n) is 2.51. The second-order valence-corrected chi connectivity index (χ2v) is 8.25. The van der Waals surface area contributed by atoms with Gasteiger partial charge in [0, 0.05) is 0 Å². The first-order valence-electron chi connectivity index (χ1n) is 5.47. The van der Waals surface area contributed by atoms with Gasteiger partial charge in [0.25, 0.3) is 0 Å². The van der Waals surface area contributed by atoms with Crippen LogP contribution < -0.4 is 4.72 Å². The molecule has 102 valence electrons. The lowest BCUT2D eigenvalue weighted by Gasteiger charge is -2.31. The summed E-state index contributed by atoms with van der Waals surface area (Å²) in [5.74, 6) is -0.338. The summed E-state index contributed by atoms with van der Waals surface area (Å²) in [6.45, 7) is 5.79. The van der Waals surface area contributed by atoms with Gasteiger partial charge in [0.1, 0.15) is 10.5 Å². The molecule has 1 N–H and O–H groups in total. The highest BCUT2D eigenvalue weighted by Gasteiger charge is 2.29. The van der Waals surface area contributed by atoms with Crippen LogP contribution in [0.25, 0.3) is 0 Å². The van der Waals surface area contributed by atoms with Crippen LogP contribution in [0, 0.1) is 11.2 Å². The Morgan fingerprint density at radius 3 is 2.17 bits per heavy atom.